The molecule has 0 aliphatic carbocycles. The van der Waals surface area contributed by atoms with Crippen LogP contribution in [0, 0.1) is 5.92 Å². The van der Waals surface area contributed by atoms with Crippen molar-refractivity contribution in [2.24, 2.45) is 5.92 Å². The van der Waals surface area contributed by atoms with Gasteiger partial charge in [0.1, 0.15) is 11.7 Å². The standard InChI is InChI=1S/C7H9NO5/c9-5-3-13-8-7(12)4(5)1-2-6(10)11/h3-4,9H,1-2H2,(H,8,12)(H,10,11). The average molecular weight is 187 g/mol. The molecule has 0 aromatic carbocycles. The SMILES string of the molecule is O=C(O)CCC1C(=O)NOC=C1O. The van der Waals surface area contributed by atoms with E-state index in [1.165, 1.54) is 0 Å². The Balaban J connectivity index is 2.55. The average Bonchev–Trinajstić information content (AvgIpc) is 2.03. The van der Waals surface area contributed by atoms with E-state index >= 15 is 0 Å². The van der Waals surface area contributed by atoms with Crippen molar-refractivity contribution in [1.29, 1.82) is 0 Å². The molecule has 0 saturated heterocycles. The number of rotatable bonds is 3. The number of hydrogen-bond donors (Lipinski definition) is 3. The summed E-state index contributed by atoms with van der Waals surface area (Å²) in [6.07, 6.45) is 0.872. The van der Waals surface area contributed by atoms with Gasteiger partial charge < -0.3 is 15.1 Å². The lowest BCUT2D eigenvalue weighted by atomic mass is 10.0. The summed E-state index contributed by atoms with van der Waals surface area (Å²) in [6.45, 7) is 0. The first-order chi connectivity index (χ1) is 6.11. The molecule has 1 unspecified atom stereocenters. The van der Waals surface area contributed by atoms with E-state index in [4.69, 9.17) is 10.2 Å². The van der Waals surface area contributed by atoms with Crippen LogP contribution in [0.25, 0.3) is 0 Å². The lowest BCUT2D eigenvalue weighted by Gasteiger charge is -2.18. The maximum absolute atomic E-state index is 11.0. The van der Waals surface area contributed by atoms with E-state index in [9.17, 15) is 9.59 Å². The van der Waals surface area contributed by atoms with E-state index in [0.717, 1.165) is 6.26 Å². The first-order valence-electron chi connectivity index (χ1n) is 3.67. The molecular formula is C7H9NO5. The third kappa shape index (κ3) is 2.36. The van der Waals surface area contributed by atoms with Crippen molar-refractivity contribution in [3.8, 4) is 0 Å². The lowest BCUT2D eigenvalue weighted by Crippen LogP contribution is -2.35. The molecule has 0 aromatic heterocycles. The van der Waals surface area contributed by atoms with Gasteiger partial charge in [0.25, 0.3) is 5.91 Å². The second-order valence-corrected chi connectivity index (χ2v) is 2.61. The molecule has 0 bridgehead atoms. The summed E-state index contributed by atoms with van der Waals surface area (Å²) >= 11 is 0. The first-order valence-corrected chi connectivity index (χ1v) is 3.67. The van der Waals surface area contributed by atoms with Crippen molar-refractivity contribution < 1.29 is 24.6 Å². The molecule has 1 rings (SSSR count). The number of hydroxylamine groups is 1. The zero-order valence-electron chi connectivity index (χ0n) is 6.69. The second-order valence-electron chi connectivity index (χ2n) is 2.61. The predicted octanol–water partition coefficient (Wildman–Crippen LogP) is -0.0718. The van der Waals surface area contributed by atoms with Gasteiger partial charge in [0.05, 0.1) is 0 Å². The van der Waals surface area contributed by atoms with Gasteiger partial charge in [0, 0.05) is 6.42 Å². The maximum atomic E-state index is 11.0. The summed E-state index contributed by atoms with van der Waals surface area (Å²) in [5.41, 5.74) is 2.02. The number of carbonyl (C=O) groups excluding carboxylic acids is 1. The Labute approximate surface area is 73.8 Å². The van der Waals surface area contributed by atoms with Crippen molar-refractivity contribution in [3.05, 3.63) is 12.0 Å². The van der Waals surface area contributed by atoms with E-state index in [1.54, 1.807) is 0 Å². The summed E-state index contributed by atoms with van der Waals surface area (Å²) in [4.78, 5) is 25.6. The van der Waals surface area contributed by atoms with Gasteiger partial charge in [0.15, 0.2) is 6.26 Å². The van der Waals surface area contributed by atoms with E-state index < -0.39 is 17.8 Å². The molecule has 72 valence electrons. The summed E-state index contributed by atoms with van der Waals surface area (Å²) in [7, 11) is 0. The molecule has 0 saturated carbocycles. The van der Waals surface area contributed by atoms with E-state index in [-0.39, 0.29) is 18.6 Å². The van der Waals surface area contributed by atoms with Gasteiger partial charge in [-0.05, 0) is 6.42 Å². The van der Waals surface area contributed by atoms with Crippen molar-refractivity contribution in [2.45, 2.75) is 12.8 Å². The van der Waals surface area contributed by atoms with Crippen molar-refractivity contribution in [3.63, 3.8) is 0 Å². The van der Waals surface area contributed by atoms with Crippen LogP contribution in [0.4, 0.5) is 0 Å². The molecule has 0 spiro atoms. The third-order valence-corrected chi connectivity index (χ3v) is 1.66. The summed E-state index contributed by atoms with van der Waals surface area (Å²) in [5.74, 6) is -2.59. The Morgan fingerprint density at radius 2 is 2.38 bits per heavy atom. The van der Waals surface area contributed by atoms with E-state index in [2.05, 4.69) is 4.84 Å². The number of carbonyl (C=O) groups is 2. The highest BCUT2D eigenvalue weighted by atomic mass is 16.7. The van der Waals surface area contributed by atoms with Gasteiger partial charge in [-0.1, -0.05) is 0 Å². The highest BCUT2D eigenvalue weighted by Gasteiger charge is 2.27. The normalized spacial score (nSPS) is 21.4. The van der Waals surface area contributed by atoms with Crippen molar-refractivity contribution in [1.82, 2.24) is 5.48 Å². The fourth-order valence-corrected chi connectivity index (χ4v) is 0.982. The van der Waals surface area contributed by atoms with E-state index in [0.29, 0.717) is 0 Å². The van der Waals surface area contributed by atoms with Crippen LogP contribution in [0.5, 0.6) is 0 Å². The van der Waals surface area contributed by atoms with Crippen LogP contribution in [0.2, 0.25) is 0 Å². The Hall–Kier alpha value is -1.72. The minimum Gasteiger partial charge on any atom is -0.508 e. The molecule has 0 aromatic rings. The number of carboxylic acid groups (broad SMARTS) is 1. The Bertz CT molecular complexity index is 260. The van der Waals surface area contributed by atoms with Gasteiger partial charge in [0.2, 0.25) is 0 Å². The number of aliphatic hydroxyl groups is 1. The highest BCUT2D eigenvalue weighted by molar-refractivity contribution is 5.81. The number of aliphatic carboxylic acids is 1. The minimum atomic E-state index is -1.01. The number of carboxylic acids is 1. The molecule has 0 fully saturated rings. The van der Waals surface area contributed by atoms with Gasteiger partial charge in [-0.3, -0.25) is 9.59 Å². The topological polar surface area (TPSA) is 95.9 Å². The van der Waals surface area contributed by atoms with Gasteiger partial charge in [-0.25, -0.2) is 0 Å². The summed E-state index contributed by atoms with van der Waals surface area (Å²) in [5, 5.41) is 17.5. The fourth-order valence-electron chi connectivity index (χ4n) is 0.982. The second kappa shape index (κ2) is 3.79. The van der Waals surface area contributed by atoms with Gasteiger partial charge >= 0.3 is 5.97 Å². The zero-order valence-corrected chi connectivity index (χ0v) is 6.69. The zero-order chi connectivity index (χ0) is 9.84. The first kappa shape index (κ1) is 9.37. The molecule has 6 nitrogen and oxygen atoms in total. The maximum Gasteiger partial charge on any atom is 0.303 e. The molecular weight excluding hydrogens is 178 g/mol. The molecule has 3 N–H and O–H groups in total. The highest BCUT2D eigenvalue weighted by Crippen LogP contribution is 2.17. The van der Waals surface area contributed by atoms with Crippen molar-refractivity contribution >= 4 is 11.9 Å². The Morgan fingerprint density at radius 1 is 1.69 bits per heavy atom. The number of hydrogen-bond acceptors (Lipinski definition) is 4. The molecule has 13 heavy (non-hydrogen) atoms. The van der Waals surface area contributed by atoms with Crippen LogP contribution in [0.1, 0.15) is 12.8 Å². The fraction of sp³-hybridized carbons (Fsp3) is 0.429. The largest absolute Gasteiger partial charge is 0.508 e. The Morgan fingerprint density at radius 3 is 2.92 bits per heavy atom. The van der Waals surface area contributed by atoms with Crippen LogP contribution in [0.3, 0.4) is 0 Å². The molecule has 0 radical (unpaired) electrons. The summed E-state index contributed by atoms with van der Waals surface area (Å²) in [6, 6.07) is 0. The molecule has 1 atom stereocenters. The number of amides is 1. The number of nitrogens with one attached hydrogen (secondary N) is 1. The van der Waals surface area contributed by atoms with Crippen LogP contribution in [0.15, 0.2) is 12.0 Å². The van der Waals surface area contributed by atoms with Crippen molar-refractivity contribution in [2.75, 3.05) is 0 Å². The quantitative estimate of drug-likeness (QED) is 0.574. The van der Waals surface area contributed by atoms with Gasteiger partial charge in [-0.15, -0.1) is 0 Å². The molecule has 1 heterocycles. The molecule has 1 aliphatic rings. The van der Waals surface area contributed by atoms with Gasteiger partial charge in [-0.2, -0.15) is 5.48 Å². The molecule has 1 amide bonds. The van der Waals surface area contributed by atoms with Crippen LogP contribution < -0.4 is 5.48 Å². The Kier molecular flexibility index (Phi) is 2.73. The van der Waals surface area contributed by atoms with Crippen LogP contribution >= 0.6 is 0 Å². The molecule has 1 aliphatic heterocycles. The minimum absolute atomic E-state index is 0.0624. The summed E-state index contributed by atoms with van der Waals surface area (Å²) < 4.78 is 0. The molecule has 6 heteroatoms. The monoisotopic (exact) mass is 187 g/mol. The van der Waals surface area contributed by atoms with Crippen LogP contribution in [-0.4, -0.2) is 22.1 Å². The van der Waals surface area contributed by atoms with Crippen LogP contribution in [-0.2, 0) is 14.4 Å². The predicted molar refractivity (Wildman–Crippen MR) is 40.3 cm³/mol. The number of aliphatic hydroxyl groups excluding tert-OH is 1. The van der Waals surface area contributed by atoms with E-state index in [1.807, 2.05) is 5.48 Å². The third-order valence-electron chi connectivity index (χ3n) is 1.66. The lowest BCUT2D eigenvalue weighted by molar-refractivity contribution is -0.139. The smallest absolute Gasteiger partial charge is 0.303 e.